The normalized spacial score (nSPS) is 19.8. The smallest absolute Gasteiger partial charge is 0.256 e. The Bertz CT molecular complexity index is 959. The van der Waals surface area contributed by atoms with Crippen LogP contribution >= 0.6 is 0 Å². The Balaban J connectivity index is 1.82. The molecule has 1 saturated heterocycles. The highest BCUT2D eigenvalue weighted by molar-refractivity contribution is 6.35. The maximum absolute atomic E-state index is 14.5. The van der Waals surface area contributed by atoms with E-state index in [4.69, 9.17) is 4.74 Å². The number of aromatic nitrogens is 1. The van der Waals surface area contributed by atoms with Crippen molar-refractivity contribution >= 4 is 23.2 Å². The molecule has 0 saturated carbocycles. The van der Waals surface area contributed by atoms with Crippen molar-refractivity contribution in [3.8, 4) is 17.6 Å². The Morgan fingerprint density at radius 3 is 3.00 bits per heavy atom. The summed E-state index contributed by atoms with van der Waals surface area (Å²) in [7, 11) is 1.55. The Morgan fingerprint density at radius 2 is 2.23 bits per heavy atom. The third-order valence-corrected chi connectivity index (χ3v) is 4.60. The number of rotatable bonds is 2. The van der Waals surface area contributed by atoms with Crippen LogP contribution in [0, 0.1) is 17.7 Å². The van der Waals surface area contributed by atoms with E-state index in [1.807, 2.05) is 0 Å². The van der Waals surface area contributed by atoms with Crippen molar-refractivity contribution in [2.75, 3.05) is 19.0 Å². The van der Waals surface area contributed by atoms with Crippen molar-refractivity contribution in [2.24, 2.45) is 0 Å². The average Bonchev–Trinajstić information content (AvgIpc) is 3.36. The fourth-order valence-electron chi connectivity index (χ4n) is 3.29. The number of halogens is 1. The molecule has 0 aliphatic carbocycles. The highest BCUT2D eigenvalue weighted by Crippen LogP contribution is 2.37. The number of carbonyl (C=O) groups excluding carboxylic acids is 1. The standard InChI is InChI=1S/C20H18FN3O2/c1-26-18-8-10-23-17(18)11-14-19-13(5-4-12-3-2-9-22-12)15(21)6-7-16(19)24-20(14)25/h6-8,10-12,22-23H,2-3,9H2,1H3,(H,24,25)/b14-11-. The lowest BCUT2D eigenvalue weighted by Gasteiger charge is -2.05. The zero-order valence-electron chi connectivity index (χ0n) is 14.3. The molecule has 1 aromatic heterocycles. The first-order valence-corrected chi connectivity index (χ1v) is 8.49. The minimum absolute atomic E-state index is 0.0613. The van der Waals surface area contributed by atoms with Crippen LogP contribution in [0.2, 0.25) is 0 Å². The van der Waals surface area contributed by atoms with Gasteiger partial charge in [-0.05, 0) is 43.7 Å². The van der Waals surface area contributed by atoms with E-state index in [0.717, 1.165) is 19.4 Å². The van der Waals surface area contributed by atoms with Crippen LogP contribution in [0.15, 0.2) is 24.4 Å². The number of nitrogens with one attached hydrogen (secondary N) is 3. The van der Waals surface area contributed by atoms with Crippen molar-refractivity contribution in [1.82, 2.24) is 10.3 Å². The summed E-state index contributed by atoms with van der Waals surface area (Å²) >= 11 is 0. The van der Waals surface area contributed by atoms with Gasteiger partial charge in [0.1, 0.15) is 11.6 Å². The molecule has 1 unspecified atom stereocenters. The van der Waals surface area contributed by atoms with Crippen LogP contribution < -0.4 is 15.4 Å². The molecule has 0 spiro atoms. The van der Waals surface area contributed by atoms with E-state index in [9.17, 15) is 9.18 Å². The van der Waals surface area contributed by atoms with Crippen molar-refractivity contribution in [3.63, 3.8) is 0 Å². The predicted molar refractivity (Wildman–Crippen MR) is 98.1 cm³/mol. The number of hydrogen-bond donors (Lipinski definition) is 3. The number of fused-ring (bicyclic) bond motifs is 1. The summed E-state index contributed by atoms with van der Waals surface area (Å²) < 4.78 is 19.8. The van der Waals surface area contributed by atoms with Crippen LogP contribution in [0.25, 0.3) is 11.6 Å². The monoisotopic (exact) mass is 351 g/mol. The second-order valence-electron chi connectivity index (χ2n) is 6.24. The molecule has 1 atom stereocenters. The van der Waals surface area contributed by atoms with Gasteiger partial charge in [-0.3, -0.25) is 4.79 Å². The van der Waals surface area contributed by atoms with Crippen molar-refractivity contribution in [1.29, 1.82) is 0 Å². The minimum Gasteiger partial charge on any atom is -0.495 e. The number of amides is 1. The van der Waals surface area contributed by atoms with Crippen LogP contribution in [0.4, 0.5) is 10.1 Å². The number of benzene rings is 1. The molecule has 0 bridgehead atoms. The molecule has 26 heavy (non-hydrogen) atoms. The van der Waals surface area contributed by atoms with Crippen LogP contribution in [0.1, 0.15) is 29.7 Å². The van der Waals surface area contributed by atoms with Crippen molar-refractivity contribution in [2.45, 2.75) is 18.9 Å². The molecule has 1 aromatic carbocycles. The molecule has 4 rings (SSSR count). The Labute approximate surface area is 150 Å². The quantitative estimate of drug-likeness (QED) is 0.576. The van der Waals surface area contributed by atoms with Gasteiger partial charge in [-0.25, -0.2) is 4.39 Å². The third-order valence-electron chi connectivity index (χ3n) is 4.60. The maximum atomic E-state index is 14.5. The predicted octanol–water partition coefficient (Wildman–Crippen LogP) is 2.76. The third kappa shape index (κ3) is 2.87. The first-order valence-electron chi connectivity index (χ1n) is 8.49. The molecule has 132 valence electrons. The summed E-state index contributed by atoms with van der Waals surface area (Å²) in [4.78, 5) is 15.5. The molecule has 6 heteroatoms. The van der Waals surface area contributed by atoms with Gasteiger partial charge in [0.2, 0.25) is 0 Å². The van der Waals surface area contributed by atoms with Crippen LogP contribution in [0.5, 0.6) is 5.75 Å². The SMILES string of the molecule is COc1cc[nH]c1/C=C1\C(=O)Nc2ccc(F)c(C#CC3CCCN3)c21. The highest BCUT2D eigenvalue weighted by Gasteiger charge is 2.29. The molecule has 3 N–H and O–H groups in total. The van der Waals surface area contributed by atoms with Gasteiger partial charge in [-0.2, -0.15) is 0 Å². The van der Waals surface area contributed by atoms with E-state index in [-0.39, 0.29) is 17.5 Å². The average molecular weight is 351 g/mol. The first-order chi connectivity index (χ1) is 12.7. The number of H-pyrrole nitrogens is 1. The van der Waals surface area contributed by atoms with E-state index in [1.54, 1.807) is 31.5 Å². The second kappa shape index (κ2) is 6.70. The Hall–Kier alpha value is -3.04. The molecule has 2 aromatic rings. The summed E-state index contributed by atoms with van der Waals surface area (Å²) in [5, 5.41) is 6.05. The maximum Gasteiger partial charge on any atom is 0.256 e. The summed E-state index contributed by atoms with van der Waals surface area (Å²) in [5.41, 5.74) is 2.32. The molecule has 1 amide bonds. The van der Waals surface area contributed by atoms with E-state index in [1.165, 1.54) is 6.07 Å². The zero-order valence-corrected chi connectivity index (χ0v) is 14.3. The molecule has 0 radical (unpaired) electrons. The van der Waals surface area contributed by atoms with Gasteiger partial charge < -0.3 is 20.4 Å². The number of ether oxygens (including phenoxy) is 1. The van der Waals surface area contributed by atoms with Crippen LogP contribution in [-0.4, -0.2) is 30.6 Å². The number of anilines is 1. The van der Waals surface area contributed by atoms with E-state index >= 15 is 0 Å². The van der Waals surface area contributed by atoms with Gasteiger partial charge in [-0.15, -0.1) is 0 Å². The first kappa shape index (κ1) is 16.4. The van der Waals surface area contributed by atoms with Gasteiger partial charge in [0.05, 0.1) is 35.7 Å². The largest absolute Gasteiger partial charge is 0.495 e. The topological polar surface area (TPSA) is 66.2 Å². The van der Waals surface area contributed by atoms with Crippen LogP contribution in [0.3, 0.4) is 0 Å². The fraction of sp³-hybridized carbons (Fsp3) is 0.250. The van der Waals surface area contributed by atoms with Crippen LogP contribution in [-0.2, 0) is 4.79 Å². The highest BCUT2D eigenvalue weighted by atomic mass is 19.1. The molecule has 2 aliphatic heterocycles. The van der Waals surface area contributed by atoms with Crippen molar-refractivity contribution < 1.29 is 13.9 Å². The van der Waals surface area contributed by atoms with E-state index < -0.39 is 5.82 Å². The fourth-order valence-corrected chi connectivity index (χ4v) is 3.29. The zero-order chi connectivity index (χ0) is 18.1. The lowest BCUT2D eigenvalue weighted by molar-refractivity contribution is -0.110. The molecule has 1 fully saturated rings. The summed E-state index contributed by atoms with van der Waals surface area (Å²) in [5.74, 6) is 5.92. The Kier molecular flexibility index (Phi) is 4.23. The summed E-state index contributed by atoms with van der Waals surface area (Å²) in [6, 6.07) is 4.72. The number of hydrogen-bond acceptors (Lipinski definition) is 3. The Morgan fingerprint density at radius 1 is 1.35 bits per heavy atom. The minimum atomic E-state index is -0.435. The summed E-state index contributed by atoms with van der Waals surface area (Å²) in [6.07, 6.45) is 5.39. The molecular weight excluding hydrogens is 333 g/mol. The molecular formula is C20H18FN3O2. The second-order valence-corrected chi connectivity index (χ2v) is 6.24. The number of carbonyl (C=O) groups is 1. The van der Waals surface area contributed by atoms with Gasteiger partial charge in [0.25, 0.3) is 5.91 Å². The van der Waals surface area contributed by atoms with Crippen molar-refractivity contribution in [3.05, 3.63) is 47.0 Å². The number of methoxy groups -OCH3 is 1. The molecule has 3 heterocycles. The van der Waals surface area contributed by atoms with Gasteiger partial charge in [-0.1, -0.05) is 11.8 Å². The van der Waals surface area contributed by atoms with Gasteiger partial charge in [0.15, 0.2) is 0 Å². The van der Waals surface area contributed by atoms with E-state index in [0.29, 0.717) is 28.3 Å². The van der Waals surface area contributed by atoms with E-state index in [2.05, 4.69) is 27.5 Å². The lowest BCUT2D eigenvalue weighted by atomic mass is 9.98. The summed E-state index contributed by atoms with van der Waals surface area (Å²) in [6.45, 7) is 0.923. The van der Waals surface area contributed by atoms with Gasteiger partial charge >= 0.3 is 0 Å². The van der Waals surface area contributed by atoms with Gasteiger partial charge in [0, 0.05) is 11.8 Å². The number of aromatic amines is 1. The molecule has 2 aliphatic rings. The molecule has 5 nitrogen and oxygen atoms in total. The lowest BCUT2D eigenvalue weighted by Crippen LogP contribution is -2.18.